The minimum atomic E-state index is -0.235. The molecule has 0 radical (unpaired) electrons. The Morgan fingerprint density at radius 3 is 3.22 bits per heavy atom. The van der Waals surface area contributed by atoms with E-state index in [1.165, 1.54) is 6.33 Å². The van der Waals surface area contributed by atoms with Crippen LogP contribution >= 0.6 is 0 Å². The van der Waals surface area contributed by atoms with Crippen LogP contribution in [-0.4, -0.2) is 56.5 Å². The number of hydrogen-bond donors (Lipinski definition) is 1. The van der Waals surface area contributed by atoms with Crippen LogP contribution in [0.3, 0.4) is 0 Å². The molecule has 0 spiro atoms. The molecule has 8 nitrogen and oxygen atoms in total. The van der Waals surface area contributed by atoms with Crippen molar-refractivity contribution in [1.82, 2.24) is 30.0 Å². The Morgan fingerprint density at radius 2 is 2.43 bits per heavy atom. The average Bonchev–Trinajstić information content (AvgIpc) is 3.25. The molecule has 1 saturated heterocycles. The van der Waals surface area contributed by atoms with Gasteiger partial charge in [0.1, 0.15) is 12.7 Å². The summed E-state index contributed by atoms with van der Waals surface area (Å²) in [7, 11) is 0. The van der Waals surface area contributed by atoms with Gasteiger partial charge in [0.25, 0.3) is 0 Å². The van der Waals surface area contributed by atoms with Crippen LogP contribution in [0.15, 0.2) is 31.0 Å². The first-order valence-electron chi connectivity index (χ1n) is 7.72. The number of hydrogen-bond acceptors (Lipinski definition) is 6. The minimum absolute atomic E-state index is 0.235. The number of nitrogens with one attached hydrogen (secondary N) is 1. The molecule has 0 aromatic carbocycles. The van der Waals surface area contributed by atoms with Crippen LogP contribution < -0.4 is 5.32 Å². The lowest BCUT2D eigenvalue weighted by Gasteiger charge is -2.17. The van der Waals surface area contributed by atoms with Crippen molar-refractivity contribution < 1.29 is 9.53 Å². The first-order valence-corrected chi connectivity index (χ1v) is 7.72. The van der Waals surface area contributed by atoms with Crippen molar-refractivity contribution >= 4 is 6.09 Å². The molecule has 0 aliphatic carbocycles. The summed E-state index contributed by atoms with van der Waals surface area (Å²) >= 11 is 0. The van der Waals surface area contributed by atoms with Crippen molar-refractivity contribution in [2.75, 3.05) is 19.7 Å². The van der Waals surface area contributed by atoms with Crippen LogP contribution in [-0.2, 0) is 11.3 Å². The van der Waals surface area contributed by atoms with E-state index in [9.17, 15) is 4.79 Å². The number of nitrogens with zero attached hydrogens (tertiary/aromatic N) is 5. The lowest BCUT2D eigenvalue weighted by Crippen LogP contribution is -2.35. The topological polar surface area (TPSA) is 85.2 Å². The van der Waals surface area contributed by atoms with Gasteiger partial charge in [-0.15, -0.1) is 0 Å². The lowest BCUT2D eigenvalue weighted by molar-refractivity contribution is 0.115. The highest BCUT2D eigenvalue weighted by molar-refractivity contribution is 5.68. The quantitative estimate of drug-likeness (QED) is 0.885. The van der Waals surface area contributed by atoms with Crippen LogP contribution in [0.4, 0.5) is 4.79 Å². The number of carbonyl (C=O) groups excluding carboxylic acids is 1. The van der Waals surface area contributed by atoms with E-state index in [0.717, 1.165) is 24.3 Å². The smallest absolute Gasteiger partial charge is 0.409 e. The molecule has 23 heavy (non-hydrogen) atoms. The maximum Gasteiger partial charge on any atom is 0.409 e. The zero-order valence-electron chi connectivity index (χ0n) is 13.1. The number of rotatable bonds is 5. The van der Waals surface area contributed by atoms with E-state index in [-0.39, 0.29) is 12.1 Å². The van der Waals surface area contributed by atoms with Crippen LogP contribution in [0, 0.1) is 0 Å². The van der Waals surface area contributed by atoms with Gasteiger partial charge in [0.05, 0.1) is 6.61 Å². The predicted molar refractivity (Wildman–Crippen MR) is 83.0 cm³/mol. The van der Waals surface area contributed by atoms with E-state index >= 15 is 0 Å². The molecule has 1 N–H and O–H groups in total. The zero-order chi connectivity index (χ0) is 16.1. The van der Waals surface area contributed by atoms with Crippen molar-refractivity contribution in [3.63, 3.8) is 0 Å². The molecular weight excluding hydrogens is 296 g/mol. The summed E-state index contributed by atoms with van der Waals surface area (Å²) in [6.07, 6.45) is 5.53. The first-order chi connectivity index (χ1) is 11.3. The Labute approximate surface area is 134 Å². The van der Waals surface area contributed by atoms with E-state index < -0.39 is 0 Å². The third kappa shape index (κ3) is 3.65. The van der Waals surface area contributed by atoms with Gasteiger partial charge in [0, 0.05) is 37.4 Å². The van der Waals surface area contributed by atoms with E-state index in [1.807, 2.05) is 19.1 Å². The third-order valence-electron chi connectivity index (χ3n) is 3.80. The van der Waals surface area contributed by atoms with E-state index in [1.54, 1.807) is 22.1 Å². The summed E-state index contributed by atoms with van der Waals surface area (Å²) < 4.78 is 6.69. The summed E-state index contributed by atoms with van der Waals surface area (Å²) in [4.78, 5) is 21.8. The maximum atomic E-state index is 11.7. The number of pyridine rings is 1. The molecular formula is C15H20N6O2. The van der Waals surface area contributed by atoms with Gasteiger partial charge in [-0.3, -0.25) is 0 Å². The molecule has 2 aromatic rings. The Morgan fingerprint density at radius 1 is 1.52 bits per heavy atom. The second-order valence-corrected chi connectivity index (χ2v) is 5.34. The maximum absolute atomic E-state index is 11.7. The van der Waals surface area contributed by atoms with E-state index in [0.29, 0.717) is 19.7 Å². The van der Waals surface area contributed by atoms with Gasteiger partial charge in [-0.2, -0.15) is 5.10 Å². The minimum Gasteiger partial charge on any atom is -0.450 e. The summed E-state index contributed by atoms with van der Waals surface area (Å²) in [6, 6.07) is 4.16. The van der Waals surface area contributed by atoms with Gasteiger partial charge in [-0.25, -0.2) is 19.4 Å². The lowest BCUT2D eigenvalue weighted by atomic mass is 10.2. The number of ether oxygens (including phenoxy) is 1. The molecule has 1 fully saturated rings. The fraction of sp³-hybridized carbons (Fsp3) is 0.467. The van der Waals surface area contributed by atoms with Crippen LogP contribution in [0.25, 0.3) is 5.82 Å². The Balaban J connectivity index is 1.59. The fourth-order valence-electron chi connectivity index (χ4n) is 2.65. The monoisotopic (exact) mass is 316 g/mol. The number of aromatic nitrogens is 4. The zero-order valence-corrected chi connectivity index (χ0v) is 13.1. The van der Waals surface area contributed by atoms with Crippen LogP contribution in [0.1, 0.15) is 18.9 Å². The molecule has 122 valence electrons. The molecule has 1 amide bonds. The highest BCUT2D eigenvalue weighted by atomic mass is 16.6. The molecule has 0 unspecified atom stereocenters. The molecule has 0 bridgehead atoms. The number of carbonyl (C=O) groups is 1. The van der Waals surface area contributed by atoms with Gasteiger partial charge in [-0.1, -0.05) is 6.07 Å². The van der Waals surface area contributed by atoms with Gasteiger partial charge >= 0.3 is 6.09 Å². The summed E-state index contributed by atoms with van der Waals surface area (Å²) in [5.74, 6) is 0.762. The van der Waals surface area contributed by atoms with E-state index in [2.05, 4.69) is 20.4 Å². The molecule has 1 aliphatic heterocycles. The largest absolute Gasteiger partial charge is 0.450 e. The average molecular weight is 316 g/mol. The van der Waals surface area contributed by atoms with Crippen molar-refractivity contribution in [3.8, 4) is 5.82 Å². The summed E-state index contributed by atoms with van der Waals surface area (Å²) in [6.45, 7) is 4.27. The SMILES string of the molecule is CCOC(=O)N1CC[C@H](NCc2cccnc2-n2cncn2)C1. The number of likely N-dealkylation sites (tertiary alicyclic amines) is 1. The molecule has 1 atom stereocenters. The van der Waals surface area contributed by atoms with Crippen molar-refractivity contribution in [1.29, 1.82) is 0 Å². The molecule has 1 aliphatic rings. The van der Waals surface area contributed by atoms with Gasteiger partial charge in [0.2, 0.25) is 0 Å². The molecule has 0 saturated carbocycles. The Bertz CT molecular complexity index is 645. The van der Waals surface area contributed by atoms with Crippen molar-refractivity contribution in [2.24, 2.45) is 0 Å². The highest BCUT2D eigenvalue weighted by Crippen LogP contribution is 2.13. The molecule has 8 heteroatoms. The summed E-state index contributed by atoms with van der Waals surface area (Å²) in [5, 5.41) is 7.60. The molecule has 2 aromatic heterocycles. The van der Waals surface area contributed by atoms with Gasteiger partial charge in [0.15, 0.2) is 5.82 Å². The molecule has 3 heterocycles. The Hall–Kier alpha value is -2.48. The van der Waals surface area contributed by atoms with Gasteiger partial charge < -0.3 is 15.0 Å². The normalized spacial score (nSPS) is 17.4. The van der Waals surface area contributed by atoms with Gasteiger partial charge in [-0.05, 0) is 19.4 Å². The third-order valence-corrected chi connectivity index (χ3v) is 3.80. The second kappa shape index (κ2) is 7.19. The fourth-order valence-corrected chi connectivity index (χ4v) is 2.65. The second-order valence-electron chi connectivity index (χ2n) is 5.34. The highest BCUT2D eigenvalue weighted by Gasteiger charge is 2.26. The van der Waals surface area contributed by atoms with Crippen molar-refractivity contribution in [2.45, 2.75) is 25.9 Å². The van der Waals surface area contributed by atoms with Crippen LogP contribution in [0.5, 0.6) is 0 Å². The van der Waals surface area contributed by atoms with E-state index in [4.69, 9.17) is 4.74 Å². The summed E-state index contributed by atoms with van der Waals surface area (Å²) in [5.41, 5.74) is 1.03. The van der Waals surface area contributed by atoms with Crippen LogP contribution in [0.2, 0.25) is 0 Å². The standard InChI is InChI=1S/C15H20N6O2/c1-2-23-15(22)20-7-5-13(9-20)18-8-12-4-3-6-17-14(12)21-11-16-10-19-21/h3-4,6,10-11,13,18H,2,5,7-9H2,1H3/t13-/m0/s1. The number of amides is 1. The molecule has 3 rings (SSSR count). The first kappa shape index (κ1) is 15.4. The predicted octanol–water partition coefficient (Wildman–Crippen LogP) is 0.983. The van der Waals surface area contributed by atoms with Crippen molar-refractivity contribution in [3.05, 3.63) is 36.5 Å². The Kier molecular flexibility index (Phi) is 4.82.